The highest BCUT2D eigenvalue weighted by Gasteiger charge is 2.34. The molecule has 8 heteroatoms. The molecule has 0 saturated carbocycles. The predicted molar refractivity (Wildman–Crippen MR) is 105 cm³/mol. The second-order valence-corrected chi connectivity index (χ2v) is 7.41. The maximum absolute atomic E-state index is 14.6. The Kier molecular flexibility index (Phi) is 6.91. The van der Waals surface area contributed by atoms with E-state index in [0.29, 0.717) is 30.5 Å². The highest BCUT2D eigenvalue weighted by atomic mass is 19.4. The van der Waals surface area contributed by atoms with Gasteiger partial charge in [0, 0.05) is 5.56 Å². The Labute approximate surface area is 179 Å². The Bertz CT molecular complexity index is 1090. The predicted octanol–water partition coefficient (Wildman–Crippen LogP) is 7.81. The van der Waals surface area contributed by atoms with Gasteiger partial charge in [-0.2, -0.15) is 13.2 Å². The summed E-state index contributed by atoms with van der Waals surface area (Å²) in [6, 6.07) is 5.87. The van der Waals surface area contributed by atoms with Gasteiger partial charge in [0.15, 0.2) is 0 Å². The number of hydrogen-bond acceptors (Lipinski definition) is 0. The van der Waals surface area contributed by atoms with E-state index < -0.39 is 52.0 Å². The van der Waals surface area contributed by atoms with Crippen molar-refractivity contribution < 1.29 is 35.1 Å². The molecule has 0 atom stereocenters. The van der Waals surface area contributed by atoms with Crippen molar-refractivity contribution in [3.63, 3.8) is 0 Å². The molecule has 0 amide bonds. The van der Waals surface area contributed by atoms with Gasteiger partial charge in [-0.15, -0.1) is 0 Å². The van der Waals surface area contributed by atoms with Crippen molar-refractivity contribution >= 4 is 0 Å². The molecular formula is C24H18F8. The third-order valence-corrected chi connectivity index (χ3v) is 5.07. The summed E-state index contributed by atoms with van der Waals surface area (Å²) >= 11 is 0. The molecule has 32 heavy (non-hydrogen) atoms. The van der Waals surface area contributed by atoms with Gasteiger partial charge in [0.2, 0.25) is 0 Å². The summed E-state index contributed by atoms with van der Waals surface area (Å²) < 4.78 is 109. The lowest BCUT2D eigenvalue weighted by atomic mass is 9.97. The Hall–Kier alpha value is -2.90. The van der Waals surface area contributed by atoms with Crippen LogP contribution in [0.15, 0.2) is 42.5 Å². The van der Waals surface area contributed by atoms with Gasteiger partial charge in [-0.1, -0.05) is 19.4 Å². The van der Waals surface area contributed by atoms with Crippen LogP contribution in [0.5, 0.6) is 0 Å². The summed E-state index contributed by atoms with van der Waals surface area (Å²) in [5.74, 6) is -5.40. The zero-order valence-corrected chi connectivity index (χ0v) is 16.9. The quantitative estimate of drug-likeness (QED) is 0.331. The highest BCUT2D eigenvalue weighted by Crippen LogP contribution is 2.35. The van der Waals surface area contributed by atoms with Gasteiger partial charge in [0.1, 0.15) is 29.1 Å². The van der Waals surface area contributed by atoms with E-state index in [0.717, 1.165) is 18.2 Å². The minimum absolute atomic E-state index is 0.0868. The zero-order valence-electron chi connectivity index (χ0n) is 16.9. The zero-order chi connectivity index (χ0) is 23.6. The fourth-order valence-corrected chi connectivity index (χ4v) is 3.54. The van der Waals surface area contributed by atoms with E-state index >= 15 is 0 Å². The molecule has 3 aromatic rings. The molecule has 0 bridgehead atoms. The SMILES string of the molecule is CCCc1cc(F)c(CCc2cc(F)c(-c3ccc(C(F)(F)F)c(F)c3)c(F)c2)c(F)c1. The smallest absolute Gasteiger partial charge is 0.207 e. The molecule has 0 aromatic heterocycles. The molecule has 0 N–H and O–H groups in total. The summed E-state index contributed by atoms with van der Waals surface area (Å²) in [5.41, 5.74) is -2.25. The van der Waals surface area contributed by atoms with Crippen LogP contribution in [0.4, 0.5) is 35.1 Å². The van der Waals surface area contributed by atoms with Crippen molar-refractivity contribution in [2.45, 2.75) is 38.8 Å². The maximum Gasteiger partial charge on any atom is 0.419 e. The number of alkyl halides is 3. The first kappa shape index (κ1) is 23.8. The third-order valence-electron chi connectivity index (χ3n) is 5.07. The maximum atomic E-state index is 14.6. The summed E-state index contributed by atoms with van der Waals surface area (Å²) in [6.07, 6.45) is -3.96. The van der Waals surface area contributed by atoms with Crippen LogP contribution in [-0.2, 0) is 25.4 Å². The Morgan fingerprint density at radius 1 is 0.625 bits per heavy atom. The number of rotatable bonds is 6. The van der Waals surface area contributed by atoms with E-state index in [2.05, 4.69) is 0 Å². The van der Waals surface area contributed by atoms with E-state index in [-0.39, 0.29) is 24.0 Å². The lowest BCUT2D eigenvalue weighted by Crippen LogP contribution is -2.08. The molecule has 0 aliphatic carbocycles. The average molecular weight is 458 g/mol. The summed E-state index contributed by atoms with van der Waals surface area (Å²) in [7, 11) is 0. The summed E-state index contributed by atoms with van der Waals surface area (Å²) in [6.45, 7) is 1.87. The van der Waals surface area contributed by atoms with Crippen molar-refractivity contribution in [3.8, 4) is 11.1 Å². The molecule has 0 aliphatic rings. The van der Waals surface area contributed by atoms with Crippen molar-refractivity contribution in [2.24, 2.45) is 0 Å². The fraction of sp³-hybridized carbons (Fsp3) is 0.250. The lowest BCUT2D eigenvalue weighted by molar-refractivity contribution is -0.139. The van der Waals surface area contributed by atoms with Crippen LogP contribution < -0.4 is 0 Å². The molecule has 170 valence electrons. The third kappa shape index (κ3) is 5.11. The molecule has 3 rings (SSSR count). The van der Waals surface area contributed by atoms with E-state index in [1.165, 1.54) is 12.1 Å². The Morgan fingerprint density at radius 2 is 1.16 bits per heavy atom. The standard InChI is InChI=1S/C24H18F8/c1-2-3-13-8-18(25)16(19(26)9-13)6-4-14-10-21(28)23(22(29)11-14)15-5-7-17(20(27)12-15)24(30,31)32/h5,7-12H,2-4,6H2,1H3. The molecule has 0 nitrogen and oxygen atoms in total. The topological polar surface area (TPSA) is 0 Å². The van der Waals surface area contributed by atoms with Crippen LogP contribution in [0, 0.1) is 29.1 Å². The lowest BCUT2D eigenvalue weighted by Gasteiger charge is -2.12. The first-order valence-corrected chi connectivity index (χ1v) is 9.83. The van der Waals surface area contributed by atoms with Gasteiger partial charge in [-0.05, 0) is 72.4 Å². The van der Waals surface area contributed by atoms with Crippen LogP contribution in [0.1, 0.15) is 35.6 Å². The molecule has 0 aliphatic heterocycles. The monoisotopic (exact) mass is 458 g/mol. The van der Waals surface area contributed by atoms with Gasteiger partial charge < -0.3 is 0 Å². The largest absolute Gasteiger partial charge is 0.419 e. The molecule has 3 aromatic carbocycles. The first-order valence-electron chi connectivity index (χ1n) is 9.83. The van der Waals surface area contributed by atoms with E-state index in [1.54, 1.807) is 0 Å². The van der Waals surface area contributed by atoms with Crippen LogP contribution in [0.3, 0.4) is 0 Å². The average Bonchev–Trinajstić information content (AvgIpc) is 2.66. The van der Waals surface area contributed by atoms with Gasteiger partial charge >= 0.3 is 6.18 Å². The minimum atomic E-state index is -4.94. The normalized spacial score (nSPS) is 11.8. The second kappa shape index (κ2) is 9.30. The highest BCUT2D eigenvalue weighted by molar-refractivity contribution is 5.66. The van der Waals surface area contributed by atoms with Crippen molar-refractivity contribution in [3.05, 3.63) is 93.8 Å². The molecule has 0 fully saturated rings. The molecule has 0 spiro atoms. The number of benzene rings is 3. The van der Waals surface area contributed by atoms with E-state index in [9.17, 15) is 35.1 Å². The number of aryl methyl sites for hydroxylation is 2. The van der Waals surface area contributed by atoms with Crippen LogP contribution in [-0.4, -0.2) is 0 Å². The van der Waals surface area contributed by atoms with Gasteiger partial charge in [0.05, 0.1) is 11.1 Å². The summed E-state index contributed by atoms with van der Waals surface area (Å²) in [5, 5.41) is 0. The number of hydrogen-bond donors (Lipinski definition) is 0. The van der Waals surface area contributed by atoms with Crippen LogP contribution in [0.2, 0.25) is 0 Å². The van der Waals surface area contributed by atoms with Gasteiger partial charge in [0.25, 0.3) is 0 Å². The van der Waals surface area contributed by atoms with E-state index in [4.69, 9.17) is 0 Å². The minimum Gasteiger partial charge on any atom is -0.207 e. The Morgan fingerprint density at radius 3 is 1.66 bits per heavy atom. The van der Waals surface area contributed by atoms with E-state index in [1.807, 2.05) is 6.92 Å². The Balaban J connectivity index is 1.85. The van der Waals surface area contributed by atoms with Crippen LogP contribution >= 0.6 is 0 Å². The van der Waals surface area contributed by atoms with Crippen molar-refractivity contribution in [1.29, 1.82) is 0 Å². The molecular weight excluding hydrogens is 440 g/mol. The molecule has 0 unspecified atom stereocenters. The molecule has 0 saturated heterocycles. The number of halogens is 8. The van der Waals surface area contributed by atoms with Crippen molar-refractivity contribution in [1.82, 2.24) is 0 Å². The summed E-state index contributed by atoms with van der Waals surface area (Å²) in [4.78, 5) is 0. The first-order chi connectivity index (χ1) is 15.0. The second-order valence-electron chi connectivity index (χ2n) is 7.41. The van der Waals surface area contributed by atoms with Crippen LogP contribution in [0.25, 0.3) is 11.1 Å². The molecule has 0 heterocycles. The van der Waals surface area contributed by atoms with Crippen molar-refractivity contribution in [2.75, 3.05) is 0 Å². The molecule has 0 radical (unpaired) electrons. The fourth-order valence-electron chi connectivity index (χ4n) is 3.54. The van der Waals surface area contributed by atoms with Gasteiger partial charge in [-0.3, -0.25) is 0 Å². The van der Waals surface area contributed by atoms with Gasteiger partial charge in [-0.25, -0.2) is 22.0 Å².